The van der Waals surface area contributed by atoms with Crippen LogP contribution in [0.2, 0.25) is 0 Å². The Labute approximate surface area is 99.0 Å². The molecule has 0 aromatic carbocycles. The first-order valence-electron chi connectivity index (χ1n) is 5.91. The van der Waals surface area contributed by atoms with E-state index in [1.165, 1.54) is 0 Å². The van der Waals surface area contributed by atoms with Crippen molar-refractivity contribution in [1.29, 1.82) is 0 Å². The van der Waals surface area contributed by atoms with E-state index in [0.29, 0.717) is 12.7 Å². The smallest absolute Gasteiger partial charge is 0.180 e. The molecule has 1 N–H and O–H groups in total. The maximum absolute atomic E-state index is 5.83. The minimum Gasteiger partial charge on any atom is -0.370 e. The Morgan fingerprint density at radius 1 is 1.35 bits per heavy atom. The van der Waals surface area contributed by atoms with Gasteiger partial charge in [-0.05, 0) is 38.1 Å². The molecule has 0 saturated carbocycles. The van der Waals surface area contributed by atoms with Crippen molar-refractivity contribution in [3.63, 3.8) is 0 Å². The third kappa shape index (κ3) is 2.27. The molecule has 0 amide bonds. The molecule has 0 unspecified atom stereocenters. The third-order valence-electron chi connectivity index (χ3n) is 2.98. The second kappa shape index (κ2) is 4.77. The van der Waals surface area contributed by atoms with Crippen LogP contribution in [0.3, 0.4) is 0 Å². The van der Waals surface area contributed by atoms with Gasteiger partial charge in [0.25, 0.3) is 0 Å². The molecule has 0 atom stereocenters. The van der Waals surface area contributed by atoms with E-state index in [1.54, 1.807) is 10.7 Å². The highest BCUT2D eigenvalue weighted by Crippen LogP contribution is 2.10. The first kappa shape index (κ1) is 10.6. The second-order valence-corrected chi connectivity index (χ2v) is 4.17. The van der Waals surface area contributed by atoms with Crippen molar-refractivity contribution < 1.29 is 4.74 Å². The number of rotatable bonds is 3. The lowest BCUT2D eigenvalue weighted by molar-refractivity contribution is 0.0170. The van der Waals surface area contributed by atoms with Crippen molar-refractivity contribution in [3.8, 4) is 0 Å². The fourth-order valence-electron chi connectivity index (χ4n) is 2.03. The van der Waals surface area contributed by atoms with Crippen LogP contribution in [-0.4, -0.2) is 39.0 Å². The molecule has 17 heavy (non-hydrogen) atoms. The van der Waals surface area contributed by atoms with Crippen LogP contribution < -0.4 is 5.32 Å². The van der Waals surface area contributed by atoms with Crippen LogP contribution in [0, 0.1) is 0 Å². The minimum absolute atomic E-state index is 0.326. The maximum atomic E-state index is 5.83. The van der Waals surface area contributed by atoms with E-state index in [0.717, 1.165) is 37.4 Å². The van der Waals surface area contributed by atoms with Gasteiger partial charge in [0.1, 0.15) is 6.61 Å². The summed E-state index contributed by atoms with van der Waals surface area (Å²) in [5.41, 5.74) is 0.761. The van der Waals surface area contributed by atoms with Crippen LogP contribution in [0.4, 0.5) is 0 Å². The molecule has 0 bridgehead atoms. The van der Waals surface area contributed by atoms with Gasteiger partial charge in [0.2, 0.25) is 0 Å². The Morgan fingerprint density at radius 3 is 3.12 bits per heavy atom. The van der Waals surface area contributed by atoms with Gasteiger partial charge in [0.05, 0.1) is 6.10 Å². The van der Waals surface area contributed by atoms with Crippen LogP contribution >= 0.6 is 0 Å². The van der Waals surface area contributed by atoms with Crippen molar-refractivity contribution in [2.45, 2.75) is 25.6 Å². The maximum Gasteiger partial charge on any atom is 0.180 e. The molecule has 0 spiro atoms. The van der Waals surface area contributed by atoms with Gasteiger partial charge in [-0.2, -0.15) is 9.61 Å². The van der Waals surface area contributed by atoms with Gasteiger partial charge >= 0.3 is 0 Å². The van der Waals surface area contributed by atoms with E-state index in [-0.39, 0.29) is 0 Å². The van der Waals surface area contributed by atoms with E-state index in [4.69, 9.17) is 4.74 Å². The fraction of sp³-hybridized carbons (Fsp3) is 0.545. The van der Waals surface area contributed by atoms with E-state index < -0.39 is 0 Å². The summed E-state index contributed by atoms with van der Waals surface area (Å²) in [6, 6.07) is 3.73. The largest absolute Gasteiger partial charge is 0.370 e. The average Bonchev–Trinajstić information content (AvgIpc) is 2.81. The molecule has 1 aliphatic heterocycles. The zero-order valence-electron chi connectivity index (χ0n) is 9.54. The van der Waals surface area contributed by atoms with Gasteiger partial charge in [-0.15, -0.1) is 10.2 Å². The zero-order chi connectivity index (χ0) is 11.5. The Morgan fingerprint density at radius 2 is 2.24 bits per heavy atom. The number of nitrogens with zero attached hydrogens (tertiary/aromatic N) is 4. The summed E-state index contributed by atoms with van der Waals surface area (Å²) in [5, 5.41) is 15.6. The highest BCUT2D eigenvalue weighted by Gasteiger charge is 2.15. The summed E-state index contributed by atoms with van der Waals surface area (Å²) in [6.45, 7) is 2.54. The Hall–Kier alpha value is -1.53. The van der Waals surface area contributed by atoms with Crippen molar-refractivity contribution in [3.05, 3.63) is 24.2 Å². The highest BCUT2D eigenvalue weighted by molar-refractivity contribution is 5.34. The van der Waals surface area contributed by atoms with Crippen LogP contribution in [0.1, 0.15) is 18.7 Å². The van der Waals surface area contributed by atoms with Gasteiger partial charge in [-0.1, -0.05) is 0 Å². The summed E-state index contributed by atoms with van der Waals surface area (Å²) in [4.78, 5) is 0. The monoisotopic (exact) mass is 233 g/mol. The van der Waals surface area contributed by atoms with Crippen LogP contribution in [0.5, 0.6) is 0 Å². The molecule has 1 aliphatic rings. The van der Waals surface area contributed by atoms with Gasteiger partial charge in [0.15, 0.2) is 11.5 Å². The Kier molecular flexibility index (Phi) is 2.98. The molecule has 0 aliphatic carbocycles. The fourth-order valence-corrected chi connectivity index (χ4v) is 2.03. The number of hydrogen-bond acceptors (Lipinski definition) is 5. The average molecular weight is 233 g/mol. The van der Waals surface area contributed by atoms with Crippen molar-refractivity contribution in [1.82, 2.24) is 25.1 Å². The summed E-state index contributed by atoms with van der Waals surface area (Å²) in [5.74, 6) is 0.763. The number of ether oxygens (including phenoxy) is 1. The lowest BCUT2D eigenvalue weighted by Gasteiger charge is -2.22. The van der Waals surface area contributed by atoms with Crippen molar-refractivity contribution in [2.24, 2.45) is 0 Å². The number of hydrogen-bond donors (Lipinski definition) is 1. The van der Waals surface area contributed by atoms with Crippen molar-refractivity contribution in [2.75, 3.05) is 13.1 Å². The molecule has 3 rings (SSSR count). The summed E-state index contributed by atoms with van der Waals surface area (Å²) < 4.78 is 7.56. The zero-order valence-corrected chi connectivity index (χ0v) is 9.54. The predicted octanol–water partition coefficient (Wildman–Crippen LogP) is 0.393. The number of aromatic nitrogens is 4. The standard InChI is InChI=1S/C11H15N5O/c1-2-10-14-15-11(16(10)13-5-1)8-17-9-3-6-12-7-4-9/h1-2,5,9,12H,3-4,6-8H2. The number of fused-ring (bicyclic) bond motifs is 1. The molecule has 1 saturated heterocycles. The molecule has 1 fully saturated rings. The summed E-state index contributed by atoms with van der Waals surface area (Å²) in [6.07, 6.45) is 4.17. The van der Waals surface area contributed by atoms with E-state index in [9.17, 15) is 0 Å². The van der Waals surface area contributed by atoms with Crippen molar-refractivity contribution >= 4 is 5.65 Å². The minimum atomic E-state index is 0.326. The van der Waals surface area contributed by atoms with Gasteiger partial charge in [0, 0.05) is 6.20 Å². The lowest BCUT2D eigenvalue weighted by Crippen LogP contribution is -2.32. The van der Waals surface area contributed by atoms with Gasteiger partial charge in [-0.3, -0.25) is 0 Å². The van der Waals surface area contributed by atoms with E-state index >= 15 is 0 Å². The summed E-state index contributed by atoms with van der Waals surface area (Å²) in [7, 11) is 0. The molecule has 0 radical (unpaired) electrons. The topological polar surface area (TPSA) is 64.3 Å². The first-order chi connectivity index (χ1) is 8.43. The summed E-state index contributed by atoms with van der Waals surface area (Å²) >= 11 is 0. The molecule has 2 aromatic rings. The normalized spacial score (nSPS) is 17.6. The third-order valence-corrected chi connectivity index (χ3v) is 2.98. The SMILES string of the molecule is c1cnn2c(COC3CCNCC3)nnc2c1. The second-order valence-electron chi connectivity index (χ2n) is 4.17. The molecular formula is C11H15N5O. The molecule has 3 heterocycles. The van der Waals surface area contributed by atoms with Gasteiger partial charge in [-0.25, -0.2) is 0 Å². The van der Waals surface area contributed by atoms with E-state index in [1.807, 2.05) is 12.1 Å². The van der Waals surface area contributed by atoms with Crippen LogP contribution in [-0.2, 0) is 11.3 Å². The Balaban J connectivity index is 1.68. The number of nitrogens with one attached hydrogen (secondary N) is 1. The van der Waals surface area contributed by atoms with Crippen LogP contribution in [0.25, 0.3) is 5.65 Å². The van der Waals surface area contributed by atoms with E-state index in [2.05, 4.69) is 20.6 Å². The lowest BCUT2D eigenvalue weighted by atomic mass is 10.1. The van der Waals surface area contributed by atoms with Crippen LogP contribution in [0.15, 0.2) is 18.3 Å². The van der Waals surface area contributed by atoms with Gasteiger partial charge < -0.3 is 10.1 Å². The first-order valence-corrected chi connectivity index (χ1v) is 5.91. The number of piperidine rings is 1. The predicted molar refractivity (Wildman–Crippen MR) is 61.5 cm³/mol. The molecule has 90 valence electrons. The molecule has 6 heteroatoms. The molecule has 2 aromatic heterocycles. The highest BCUT2D eigenvalue weighted by atomic mass is 16.5. The Bertz CT molecular complexity index is 491. The molecule has 6 nitrogen and oxygen atoms in total. The quantitative estimate of drug-likeness (QED) is 0.831. The molecular weight excluding hydrogens is 218 g/mol.